The van der Waals surface area contributed by atoms with Crippen molar-refractivity contribution in [1.82, 2.24) is 4.90 Å². The average Bonchev–Trinajstić information content (AvgIpc) is 2.43. The number of carbonyl (C=O) groups excluding carboxylic acids is 1. The van der Waals surface area contributed by atoms with E-state index in [0.717, 1.165) is 37.2 Å². The van der Waals surface area contributed by atoms with Crippen molar-refractivity contribution in [2.45, 2.75) is 33.2 Å². The lowest BCUT2D eigenvalue weighted by molar-refractivity contribution is 0.112. The Labute approximate surface area is 110 Å². The molecule has 0 aliphatic heterocycles. The number of benzene rings is 1. The summed E-state index contributed by atoms with van der Waals surface area (Å²) in [6, 6.07) is 5.57. The number of hydrogen-bond acceptors (Lipinski definition) is 3. The van der Waals surface area contributed by atoms with Gasteiger partial charge in [-0.3, -0.25) is 9.69 Å². The van der Waals surface area contributed by atoms with E-state index >= 15 is 0 Å². The molecule has 0 saturated carbocycles. The molecule has 0 radical (unpaired) electrons. The van der Waals surface area contributed by atoms with E-state index in [1.807, 2.05) is 12.1 Å². The van der Waals surface area contributed by atoms with Crippen LogP contribution in [0.2, 0.25) is 0 Å². The average molecular weight is 249 g/mol. The Morgan fingerprint density at radius 3 is 2.67 bits per heavy atom. The zero-order chi connectivity index (χ0) is 13.4. The first-order valence-electron chi connectivity index (χ1n) is 6.59. The van der Waals surface area contributed by atoms with E-state index in [1.165, 1.54) is 12.8 Å². The highest BCUT2D eigenvalue weighted by atomic mass is 16.5. The fraction of sp³-hybridized carbons (Fsp3) is 0.533. The smallest absolute Gasteiger partial charge is 0.150 e. The molecule has 1 aromatic carbocycles. The predicted octanol–water partition coefficient (Wildman–Crippen LogP) is 3.13. The van der Waals surface area contributed by atoms with Gasteiger partial charge in [0.2, 0.25) is 0 Å². The Bertz CT molecular complexity index is 377. The highest BCUT2D eigenvalue weighted by molar-refractivity contribution is 5.75. The van der Waals surface area contributed by atoms with Crippen LogP contribution in [0.3, 0.4) is 0 Å². The second-order valence-corrected chi connectivity index (χ2v) is 4.41. The number of aldehydes is 1. The van der Waals surface area contributed by atoms with Gasteiger partial charge in [0.25, 0.3) is 0 Å². The van der Waals surface area contributed by atoms with E-state index in [2.05, 4.69) is 18.7 Å². The molecule has 3 heteroatoms. The second-order valence-electron chi connectivity index (χ2n) is 4.41. The van der Waals surface area contributed by atoms with E-state index < -0.39 is 0 Å². The Kier molecular flexibility index (Phi) is 6.44. The summed E-state index contributed by atoms with van der Waals surface area (Å²) in [6.07, 6.45) is 3.27. The van der Waals surface area contributed by atoms with Crippen LogP contribution < -0.4 is 4.74 Å². The van der Waals surface area contributed by atoms with Gasteiger partial charge in [0.05, 0.1) is 7.11 Å². The first kappa shape index (κ1) is 14.7. The number of rotatable bonds is 8. The van der Waals surface area contributed by atoms with E-state index in [4.69, 9.17) is 4.74 Å². The Morgan fingerprint density at radius 1 is 1.33 bits per heavy atom. The summed E-state index contributed by atoms with van der Waals surface area (Å²) in [4.78, 5) is 13.2. The van der Waals surface area contributed by atoms with E-state index in [1.54, 1.807) is 13.2 Å². The Morgan fingerprint density at radius 2 is 2.11 bits per heavy atom. The fourth-order valence-electron chi connectivity index (χ4n) is 1.97. The molecule has 0 atom stereocenters. The molecule has 0 aliphatic rings. The largest absolute Gasteiger partial charge is 0.496 e. The van der Waals surface area contributed by atoms with Gasteiger partial charge in [-0.2, -0.15) is 0 Å². The van der Waals surface area contributed by atoms with E-state index in [9.17, 15) is 4.79 Å². The third-order valence-corrected chi connectivity index (χ3v) is 3.11. The third kappa shape index (κ3) is 4.15. The van der Waals surface area contributed by atoms with Crippen LogP contribution in [-0.4, -0.2) is 31.4 Å². The van der Waals surface area contributed by atoms with Crippen LogP contribution in [0, 0.1) is 0 Å². The summed E-state index contributed by atoms with van der Waals surface area (Å²) in [6.45, 7) is 7.28. The van der Waals surface area contributed by atoms with Crippen LogP contribution in [0.15, 0.2) is 18.2 Å². The standard InChI is InChI=1S/C15H23NO2/c1-4-6-9-16(5-2)11-14-10-13(12-17)7-8-15(14)18-3/h7-8,10,12H,4-6,9,11H2,1-3H3. The van der Waals surface area contributed by atoms with Crippen LogP contribution in [0.1, 0.15) is 42.6 Å². The molecule has 0 unspecified atom stereocenters. The molecule has 0 bridgehead atoms. The summed E-state index contributed by atoms with van der Waals surface area (Å²) in [5.74, 6) is 0.857. The predicted molar refractivity (Wildman–Crippen MR) is 74.2 cm³/mol. The van der Waals surface area contributed by atoms with Crippen molar-refractivity contribution in [2.24, 2.45) is 0 Å². The van der Waals surface area contributed by atoms with Crippen LogP contribution in [0.4, 0.5) is 0 Å². The molecule has 0 aromatic heterocycles. The highest BCUT2D eigenvalue weighted by Gasteiger charge is 2.09. The van der Waals surface area contributed by atoms with Crippen molar-refractivity contribution >= 4 is 6.29 Å². The normalized spacial score (nSPS) is 10.7. The van der Waals surface area contributed by atoms with Crippen molar-refractivity contribution in [3.8, 4) is 5.75 Å². The minimum atomic E-state index is 0.706. The maximum atomic E-state index is 10.8. The van der Waals surface area contributed by atoms with E-state index in [-0.39, 0.29) is 0 Å². The van der Waals surface area contributed by atoms with Gasteiger partial charge in [-0.25, -0.2) is 0 Å². The molecule has 3 nitrogen and oxygen atoms in total. The number of ether oxygens (including phenoxy) is 1. The van der Waals surface area contributed by atoms with Crippen molar-refractivity contribution in [3.05, 3.63) is 29.3 Å². The zero-order valence-electron chi connectivity index (χ0n) is 11.6. The number of unbranched alkanes of at least 4 members (excludes halogenated alkanes) is 1. The lowest BCUT2D eigenvalue weighted by Crippen LogP contribution is -2.24. The van der Waals surface area contributed by atoms with Gasteiger partial charge in [0.1, 0.15) is 12.0 Å². The van der Waals surface area contributed by atoms with Crippen LogP contribution in [0.25, 0.3) is 0 Å². The topological polar surface area (TPSA) is 29.5 Å². The summed E-state index contributed by atoms with van der Waals surface area (Å²) >= 11 is 0. The molecular weight excluding hydrogens is 226 g/mol. The third-order valence-electron chi connectivity index (χ3n) is 3.11. The van der Waals surface area contributed by atoms with Crippen molar-refractivity contribution < 1.29 is 9.53 Å². The number of hydrogen-bond donors (Lipinski definition) is 0. The number of methoxy groups -OCH3 is 1. The lowest BCUT2D eigenvalue weighted by Gasteiger charge is -2.21. The van der Waals surface area contributed by atoms with Gasteiger partial charge in [0.15, 0.2) is 0 Å². The minimum absolute atomic E-state index is 0.706. The summed E-state index contributed by atoms with van der Waals surface area (Å²) in [5.41, 5.74) is 1.79. The molecule has 18 heavy (non-hydrogen) atoms. The summed E-state index contributed by atoms with van der Waals surface area (Å²) in [7, 11) is 1.67. The molecule has 1 aromatic rings. The first-order valence-corrected chi connectivity index (χ1v) is 6.59. The van der Waals surface area contributed by atoms with Crippen molar-refractivity contribution in [2.75, 3.05) is 20.2 Å². The second kappa shape index (κ2) is 7.88. The molecule has 0 aliphatic carbocycles. The van der Waals surface area contributed by atoms with Gasteiger partial charge in [0, 0.05) is 17.7 Å². The van der Waals surface area contributed by atoms with Crippen LogP contribution in [0.5, 0.6) is 5.75 Å². The molecule has 0 spiro atoms. The molecule has 0 fully saturated rings. The van der Waals surface area contributed by atoms with E-state index in [0.29, 0.717) is 5.56 Å². The molecule has 0 amide bonds. The lowest BCUT2D eigenvalue weighted by atomic mass is 10.1. The van der Waals surface area contributed by atoms with Crippen molar-refractivity contribution in [3.63, 3.8) is 0 Å². The Hall–Kier alpha value is -1.35. The molecule has 0 N–H and O–H groups in total. The van der Waals surface area contributed by atoms with Crippen LogP contribution >= 0.6 is 0 Å². The van der Waals surface area contributed by atoms with Crippen LogP contribution in [-0.2, 0) is 6.54 Å². The van der Waals surface area contributed by atoms with Gasteiger partial charge >= 0.3 is 0 Å². The maximum Gasteiger partial charge on any atom is 0.150 e. The molecular formula is C15H23NO2. The number of carbonyl (C=O) groups is 1. The highest BCUT2D eigenvalue weighted by Crippen LogP contribution is 2.21. The summed E-state index contributed by atoms with van der Waals surface area (Å²) in [5, 5.41) is 0. The quantitative estimate of drug-likeness (QED) is 0.663. The van der Waals surface area contributed by atoms with Gasteiger partial charge in [-0.05, 0) is 37.7 Å². The van der Waals surface area contributed by atoms with Crippen molar-refractivity contribution in [1.29, 1.82) is 0 Å². The Balaban J connectivity index is 2.82. The number of nitrogens with zero attached hydrogens (tertiary/aromatic N) is 1. The summed E-state index contributed by atoms with van der Waals surface area (Å²) < 4.78 is 5.35. The molecule has 100 valence electrons. The van der Waals surface area contributed by atoms with Gasteiger partial charge in [-0.1, -0.05) is 20.3 Å². The zero-order valence-corrected chi connectivity index (χ0v) is 11.6. The monoisotopic (exact) mass is 249 g/mol. The fourth-order valence-corrected chi connectivity index (χ4v) is 1.97. The van der Waals surface area contributed by atoms with Gasteiger partial charge < -0.3 is 4.74 Å². The molecule has 1 rings (SSSR count). The molecule has 0 saturated heterocycles. The molecule has 0 heterocycles. The SMILES string of the molecule is CCCCN(CC)Cc1cc(C=O)ccc1OC. The maximum absolute atomic E-state index is 10.8. The minimum Gasteiger partial charge on any atom is -0.496 e. The van der Waals surface area contributed by atoms with Gasteiger partial charge in [-0.15, -0.1) is 0 Å². The first-order chi connectivity index (χ1) is 8.74.